The van der Waals surface area contributed by atoms with Crippen molar-refractivity contribution in [2.75, 3.05) is 36.2 Å². The van der Waals surface area contributed by atoms with E-state index < -0.39 is 0 Å². The van der Waals surface area contributed by atoms with Crippen LogP contribution in [0.15, 0.2) is 53.4 Å². The van der Waals surface area contributed by atoms with Gasteiger partial charge in [0.25, 0.3) is 0 Å². The highest BCUT2D eigenvalue weighted by molar-refractivity contribution is 7.99. The third-order valence-electron chi connectivity index (χ3n) is 5.07. The number of ether oxygens (including phenoxy) is 1. The maximum atomic E-state index is 12.2. The summed E-state index contributed by atoms with van der Waals surface area (Å²) in [4.78, 5) is 26.8. The Balaban J connectivity index is 1.42. The van der Waals surface area contributed by atoms with Gasteiger partial charge in [-0.05, 0) is 61.4 Å². The van der Waals surface area contributed by atoms with Crippen LogP contribution in [0, 0.1) is 5.92 Å². The van der Waals surface area contributed by atoms with E-state index in [-0.39, 0.29) is 17.7 Å². The molecule has 2 amide bonds. The molecule has 6 nitrogen and oxygen atoms in total. The second kappa shape index (κ2) is 10.2. The number of nitrogens with one attached hydrogen (secondary N) is 1. The third-order valence-corrected chi connectivity index (χ3v) is 6.08. The predicted molar refractivity (Wildman–Crippen MR) is 118 cm³/mol. The van der Waals surface area contributed by atoms with Gasteiger partial charge in [0, 0.05) is 47.5 Å². The maximum absolute atomic E-state index is 12.2. The third kappa shape index (κ3) is 6.15. The largest absolute Gasteiger partial charge is 0.497 e. The monoisotopic (exact) mass is 413 g/mol. The lowest BCUT2D eigenvalue weighted by Crippen LogP contribution is -2.38. The van der Waals surface area contributed by atoms with Crippen molar-refractivity contribution in [2.45, 2.75) is 24.2 Å². The molecule has 0 saturated carbocycles. The molecule has 2 aromatic carbocycles. The minimum atomic E-state index is -0.201. The van der Waals surface area contributed by atoms with Crippen molar-refractivity contribution in [2.24, 2.45) is 11.7 Å². The Bertz CT molecular complexity index is 816. The fraction of sp³-hybridized carbons (Fsp3) is 0.364. The molecule has 3 N–H and O–H groups in total. The molecule has 1 heterocycles. The predicted octanol–water partition coefficient (Wildman–Crippen LogP) is 3.52. The Morgan fingerprint density at radius 1 is 1.10 bits per heavy atom. The lowest BCUT2D eigenvalue weighted by atomic mass is 9.96. The van der Waals surface area contributed by atoms with Crippen LogP contribution in [0.2, 0.25) is 0 Å². The van der Waals surface area contributed by atoms with Gasteiger partial charge >= 0.3 is 0 Å². The molecule has 2 aromatic rings. The van der Waals surface area contributed by atoms with Crippen molar-refractivity contribution >= 4 is 35.0 Å². The first-order valence-corrected chi connectivity index (χ1v) is 10.7. The molecule has 3 rings (SSSR count). The Kier molecular flexibility index (Phi) is 7.41. The van der Waals surface area contributed by atoms with Crippen molar-refractivity contribution in [1.82, 2.24) is 0 Å². The number of carbonyl (C=O) groups is 2. The molecule has 0 aliphatic carbocycles. The molecule has 0 unspecified atom stereocenters. The number of anilines is 2. The topological polar surface area (TPSA) is 84.7 Å². The molecule has 154 valence electrons. The van der Waals surface area contributed by atoms with Crippen LogP contribution in [0.4, 0.5) is 11.4 Å². The molecule has 0 atom stereocenters. The number of methoxy groups -OCH3 is 1. The van der Waals surface area contributed by atoms with E-state index >= 15 is 0 Å². The van der Waals surface area contributed by atoms with Crippen LogP contribution in [0.1, 0.15) is 19.3 Å². The van der Waals surface area contributed by atoms with Crippen LogP contribution < -0.4 is 20.7 Å². The van der Waals surface area contributed by atoms with Crippen LogP contribution in [-0.4, -0.2) is 37.8 Å². The number of nitrogens with zero attached hydrogens (tertiary/aromatic N) is 1. The van der Waals surface area contributed by atoms with Crippen LogP contribution in [0.25, 0.3) is 0 Å². The molecule has 1 aliphatic heterocycles. The second-order valence-corrected chi connectivity index (χ2v) is 8.20. The highest BCUT2D eigenvalue weighted by Gasteiger charge is 2.23. The average Bonchev–Trinajstić information content (AvgIpc) is 2.75. The van der Waals surface area contributed by atoms with Gasteiger partial charge in [-0.2, -0.15) is 0 Å². The zero-order valence-electron chi connectivity index (χ0n) is 16.6. The first-order chi connectivity index (χ1) is 14.0. The van der Waals surface area contributed by atoms with Crippen LogP contribution in [0.3, 0.4) is 0 Å². The van der Waals surface area contributed by atoms with Gasteiger partial charge in [0.05, 0.1) is 7.11 Å². The quantitative estimate of drug-likeness (QED) is 0.647. The number of hydrogen-bond donors (Lipinski definition) is 2. The number of nitrogens with two attached hydrogens (primary N) is 1. The number of piperidine rings is 1. The van der Waals surface area contributed by atoms with E-state index in [2.05, 4.69) is 10.2 Å². The normalized spacial score (nSPS) is 14.4. The van der Waals surface area contributed by atoms with Gasteiger partial charge < -0.3 is 20.7 Å². The van der Waals surface area contributed by atoms with Gasteiger partial charge in [-0.15, -0.1) is 11.8 Å². The Morgan fingerprint density at radius 2 is 1.76 bits per heavy atom. The van der Waals surface area contributed by atoms with Crippen molar-refractivity contribution < 1.29 is 14.3 Å². The van der Waals surface area contributed by atoms with E-state index in [1.54, 1.807) is 18.9 Å². The van der Waals surface area contributed by atoms with Gasteiger partial charge in [-0.25, -0.2) is 0 Å². The van der Waals surface area contributed by atoms with Gasteiger partial charge in [0.1, 0.15) is 5.75 Å². The van der Waals surface area contributed by atoms with E-state index in [1.807, 2.05) is 48.5 Å². The van der Waals surface area contributed by atoms with E-state index in [1.165, 1.54) is 0 Å². The fourth-order valence-electron chi connectivity index (χ4n) is 3.33. The number of primary amides is 1. The summed E-state index contributed by atoms with van der Waals surface area (Å²) in [6.45, 7) is 1.64. The van der Waals surface area contributed by atoms with Gasteiger partial charge in [-0.1, -0.05) is 0 Å². The number of rotatable bonds is 8. The average molecular weight is 414 g/mol. The zero-order chi connectivity index (χ0) is 20.6. The summed E-state index contributed by atoms with van der Waals surface area (Å²) >= 11 is 1.65. The second-order valence-electron chi connectivity index (χ2n) is 7.03. The molecule has 0 bridgehead atoms. The summed E-state index contributed by atoms with van der Waals surface area (Å²) in [7, 11) is 1.64. The number of amides is 2. The Hall–Kier alpha value is -2.67. The summed E-state index contributed by atoms with van der Waals surface area (Å²) in [5, 5.41) is 2.95. The number of carbonyl (C=O) groups excluding carboxylic acids is 2. The fourth-order valence-corrected chi connectivity index (χ4v) is 4.19. The highest BCUT2D eigenvalue weighted by atomic mass is 32.2. The number of hydrogen-bond acceptors (Lipinski definition) is 5. The van der Waals surface area contributed by atoms with Gasteiger partial charge in [-0.3, -0.25) is 9.59 Å². The number of thioether (sulfide) groups is 1. The summed E-state index contributed by atoms with van der Waals surface area (Å²) in [5.41, 5.74) is 7.28. The summed E-state index contributed by atoms with van der Waals surface area (Å²) < 4.78 is 5.14. The Morgan fingerprint density at radius 3 is 2.34 bits per heavy atom. The molecule has 0 spiro atoms. The lowest BCUT2D eigenvalue weighted by Gasteiger charge is -2.32. The zero-order valence-corrected chi connectivity index (χ0v) is 17.4. The van der Waals surface area contributed by atoms with E-state index in [0.717, 1.165) is 48.0 Å². The molecule has 0 aromatic heterocycles. The summed E-state index contributed by atoms with van der Waals surface area (Å²) in [5.74, 6) is 1.33. The van der Waals surface area contributed by atoms with Crippen molar-refractivity contribution in [3.05, 3.63) is 48.5 Å². The highest BCUT2D eigenvalue weighted by Crippen LogP contribution is 2.25. The van der Waals surface area contributed by atoms with Gasteiger partial charge in [0.15, 0.2) is 0 Å². The van der Waals surface area contributed by atoms with Crippen molar-refractivity contribution in [3.8, 4) is 5.75 Å². The van der Waals surface area contributed by atoms with Crippen molar-refractivity contribution in [1.29, 1.82) is 0 Å². The van der Waals surface area contributed by atoms with E-state index in [4.69, 9.17) is 10.5 Å². The molecular formula is C22H27N3O3S. The lowest BCUT2D eigenvalue weighted by molar-refractivity contribution is -0.122. The molecule has 1 saturated heterocycles. The molecule has 1 fully saturated rings. The van der Waals surface area contributed by atoms with Crippen molar-refractivity contribution in [3.63, 3.8) is 0 Å². The standard InChI is InChI=1S/C22H27N3O3S/c1-28-19-6-8-20(9-7-19)29-15-12-21(26)24-17-2-4-18(5-3-17)25-13-10-16(11-14-25)22(23)27/h2-9,16H,10-15H2,1H3,(H2,23,27)(H,24,26). The first-order valence-electron chi connectivity index (χ1n) is 9.76. The molecule has 1 aliphatic rings. The smallest absolute Gasteiger partial charge is 0.225 e. The minimum Gasteiger partial charge on any atom is -0.497 e. The molecule has 29 heavy (non-hydrogen) atoms. The number of benzene rings is 2. The molecule has 7 heteroatoms. The van der Waals surface area contributed by atoms with Crippen LogP contribution in [-0.2, 0) is 9.59 Å². The summed E-state index contributed by atoms with van der Waals surface area (Å²) in [6, 6.07) is 15.7. The minimum absolute atomic E-state index is 0.000958. The Labute approximate surface area is 175 Å². The maximum Gasteiger partial charge on any atom is 0.225 e. The molecular weight excluding hydrogens is 386 g/mol. The van der Waals surface area contributed by atoms with E-state index in [0.29, 0.717) is 12.2 Å². The van der Waals surface area contributed by atoms with Crippen LogP contribution in [0.5, 0.6) is 5.75 Å². The first kappa shape index (κ1) is 21.0. The van der Waals surface area contributed by atoms with Crippen LogP contribution >= 0.6 is 11.8 Å². The van der Waals surface area contributed by atoms with E-state index in [9.17, 15) is 9.59 Å². The molecule has 0 radical (unpaired) electrons. The van der Waals surface area contributed by atoms with Gasteiger partial charge in [0.2, 0.25) is 11.8 Å². The SMILES string of the molecule is COc1ccc(SCCC(=O)Nc2ccc(N3CCC(C(N)=O)CC3)cc2)cc1. The summed E-state index contributed by atoms with van der Waals surface area (Å²) in [6.07, 6.45) is 2.03.